The molecule has 1 N–H and O–H groups in total. The van der Waals surface area contributed by atoms with Crippen LogP contribution in [0.1, 0.15) is 26.7 Å². The Balaban J connectivity index is 1.90. The Bertz CT molecular complexity index is 234. The van der Waals surface area contributed by atoms with Gasteiger partial charge in [-0.3, -0.25) is 4.90 Å². The van der Waals surface area contributed by atoms with Crippen molar-refractivity contribution in [2.75, 3.05) is 52.6 Å². The zero-order valence-electron chi connectivity index (χ0n) is 11.9. The first kappa shape index (κ1) is 14.3. The van der Waals surface area contributed by atoms with E-state index in [2.05, 4.69) is 24.1 Å². The second-order valence-electron chi connectivity index (χ2n) is 6.04. The van der Waals surface area contributed by atoms with E-state index in [1.54, 1.807) is 0 Å². The van der Waals surface area contributed by atoms with Crippen LogP contribution in [0.25, 0.3) is 0 Å². The van der Waals surface area contributed by atoms with Gasteiger partial charge < -0.3 is 14.8 Å². The van der Waals surface area contributed by atoms with E-state index in [4.69, 9.17) is 9.47 Å². The molecule has 2 heterocycles. The summed E-state index contributed by atoms with van der Waals surface area (Å²) in [6.07, 6.45) is 2.37. The van der Waals surface area contributed by atoms with E-state index < -0.39 is 0 Å². The molecular formula is C14H28N2O2. The Morgan fingerprint density at radius 3 is 2.28 bits per heavy atom. The van der Waals surface area contributed by atoms with Crippen molar-refractivity contribution in [1.82, 2.24) is 10.2 Å². The van der Waals surface area contributed by atoms with E-state index in [0.29, 0.717) is 11.5 Å². The first-order valence-corrected chi connectivity index (χ1v) is 7.31. The van der Waals surface area contributed by atoms with Crippen molar-refractivity contribution in [1.29, 1.82) is 0 Å². The van der Waals surface area contributed by atoms with Crippen LogP contribution in [0.5, 0.6) is 0 Å². The molecule has 18 heavy (non-hydrogen) atoms. The van der Waals surface area contributed by atoms with Crippen molar-refractivity contribution in [3.63, 3.8) is 0 Å². The molecule has 2 saturated heterocycles. The van der Waals surface area contributed by atoms with E-state index in [0.717, 1.165) is 46.1 Å². The van der Waals surface area contributed by atoms with Gasteiger partial charge in [-0.15, -0.1) is 0 Å². The fourth-order valence-electron chi connectivity index (χ4n) is 2.85. The summed E-state index contributed by atoms with van der Waals surface area (Å²) >= 11 is 0. The Morgan fingerprint density at radius 2 is 1.67 bits per heavy atom. The third-order valence-electron chi connectivity index (χ3n) is 4.10. The van der Waals surface area contributed by atoms with Crippen molar-refractivity contribution in [3.05, 3.63) is 0 Å². The SMILES string of the molecule is CC(C)NCC1(CN2CCOCC2)CCOCC1. The number of nitrogens with one attached hydrogen (secondary N) is 1. The van der Waals surface area contributed by atoms with E-state index in [1.165, 1.54) is 19.4 Å². The first-order chi connectivity index (χ1) is 8.70. The van der Waals surface area contributed by atoms with Crippen LogP contribution in [-0.4, -0.2) is 63.5 Å². The summed E-state index contributed by atoms with van der Waals surface area (Å²) < 4.78 is 11.0. The maximum atomic E-state index is 5.55. The lowest BCUT2D eigenvalue weighted by Crippen LogP contribution is -2.50. The van der Waals surface area contributed by atoms with Gasteiger partial charge in [0.2, 0.25) is 0 Å². The lowest BCUT2D eigenvalue weighted by atomic mass is 9.79. The van der Waals surface area contributed by atoms with Gasteiger partial charge in [0.1, 0.15) is 0 Å². The molecule has 0 aromatic rings. The summed E-state index contributed by atoms with van der Waals surface area (Å²) in [6, 6.07) is 0.564. The number of nitrogens with zero attached hydrogens (tertiary/aromatic N) is 1. The monoisotopic (exact) mass is 256 g/mol. The zero-order valence-corrected chi connectivity index (χ0v) is 11.9. The Labute approximate surface area is 111 Å². The van der Waals surface area contributed by atoms with Gasteiger partial charge >= 0.3 is 0 Å². The molecule has 0 unspecified atom stereocenters. The highest BCUT2D eigenvalue weighted by molar-refractivity contribution is 4.88. The fourth-order valence-corrected chi connectivity index (χ4v) is 2.85. The normalized spacial score (nSPS) is 25.5. The third-order valence-corrected chi connectivity index (χ3v) is 4.10. The van der Waals surface area contributed by atoms with Crippen LogP contribution in [0.2, 0.25) is 0 Å². The quantitative estimate of drug-likeness (QED) is 0.799. The molecule has 0 aromatic heterocycles. The molecular weight excluding hydrogens is 228 g/mol. The summed E-state index contributed by atoms with van der Waals surface area (Å²) in [7, 11) is 0. The highest BCUT2D eigenvalue weighted by Gasteiger charge is 2.34. The van der Waals surface area contributed by atoms with Crippen molar-refractivity contribution in [2.45, 2.75) is 32.7 Å². The molecule has 4 heteroatoms. The summed E-state index contributed by atoms with van der Waals surface area (Å²) in [5.41, 5.74) is 0.403. The van der Waals surface area contributed by atoms with Gasteiger partial charge in [0.25, 0.3) is 0 Å². The van der Waals surface area contributed by atoms with Gasteiger partial charge in [0.15, 0.2) is 0 Å². The predicted molar refractivity (Wildman–Crippen MR) is 72.9 cm³/mol. The summed E-state index contributed by atoms with van der Waals surface area (Å²) in [6.45, 7) is 12.6. The first-order valence-electron chi connectivity index (χ1n) is 7.31. The standard InChI is InChI=1S/C14H28N2O2/c1-13(2)15-11-14(3-7-17-8-4-14)12-16-5-9-18-10-6-16/h13,15H,3-12H2,1-2H3. The molecule has 2 aliphatic heterocycles. The van der Waals surface area contributed by atoms with Gasteiger partial charge in [-0.2, -0.15) is 0 Å². The predicted octanol–water partition coefficient (Wildman–Crippen LogP) is 1.11. The Kier molecular flexibility index (Phi) is 5.42. The van der Waals surface area contributed by atoms with E-state index in [-0.39, 0.29) is 0 Å². The van der Waals surface area contributed by atoms with Gasteiger partial charge in [-0.25, -0.2) is 0 Å². The molecule has 0 radical (unpaired) electrons. The fraction of sp³-hybridized carbons (Fsp3) is 1.00. The molecule has 0 bridgehead atoms. The van der Waals surface area contributed by atoms with Gasteiger partial charge in [0.05, 0.1) is 13.2 Å². The zero-order chi connectivity index (χ0) is 12.8. The van der Waals surface area contributed by atoms with Gasteiger partial charge in [0, 0.05) is 45.4 Å². The van der Waals surface area contributed by atoms with Crippen molar-refractivity contribution < 1.29 is 9.47 Å². The molecule has 0 aromatic carbocycles. The smallest absolute Gasteiger partial charge is 0.0594 e. The number of hydrogen-bond acceptors (Lipinski definition) is 4. The number of rotatable bonds is 5. The molecule has 2 fully saturated rings. The van der Waals surface area contributed by atoms with E-state index in [9.17, 15) is 0 Å². The highest BCUT2D eigenvalue weighted by atomic mass is 16.5. The second kappa shape index (κ2) is 6.85. The number of hydrogen-bond donors (Lipinski definition) is 1. The largest absolute Gasteiger partial charge is 0.381 e. The van der Waals surface area contributed by atoms with Crippen molar-refractivity contribution >= 4 is 0 Å². The van der Waals surface area contributed by atoms with Crippen molar-refractivity contribution in [3.8, 4) is 0 Å². The van der Waals surface area contributed by atoms with Crippen LogP contribution >= 0.6 is 0 Å². The molecule has 0 saturated carbocycles. The Morgan fingerprint density at radius 1 is 1.06 bits per heavy atom. The topological polar surface area (TPSA) is 33.7 Å². The molecule has 0 atom stereocenters. The summed E-state index contributed by atoms with van der Waals surface area (Å²) in [5.74, 6) is 0. The number of morpholine rings is 1. The summed E-state index contributed by atoms with van der Waals surface area (Å²) in [4.78, 5) is 2.57. The van der Waals surface area contributed by atoms with Crippen molar-refractivity contribution in [2.24, 2.45) is 5.41 Å². The van der Waals surface area contributed by atoms with Crippen LogP contribution in [-0.2, 0) is 9.47 Å². The molecule has 2 aliphatic rings. The number of ether oxygens (including phenoxy) is 2. The minimum atomic E-state index is 0.403. The van der Waals surface area contributed by atoms with Crippen LogP contribution in [0.15, 0.2) is 0 Å². The molecule has 0 spiro atoms. The van der Waals surface area contributed by atoms with Crippen LogP contribution in [0, 0.1) is 5.41 Å². The third kappa shape index (κ3) is 4.19. The molecule has 0 amide bonds. The minimum Gasteiger partial charge on any atom is -0.381 e. The van der Waals surface area contributed by atoms with Crippen LogP contribution in [0.4, 0.5) is 0 Å². The van der Waals surface area contributed by atoms with Crippen LogP contribution < -0.4 is 5.32 Å². The lowest BCUT2D eigenvalue weighted by Gasteiger charge is -2.42. The maximum absolute atomic E-state index is 5.55. The van der Waals surface area contributed by atoms with Gasteiger partial charge in [-0.05, 0) is 18.3 Å². The van der Waals surface area contributed by atoms with E-state index in [1.807, 2.05) is 0 Å². The van der Waals surface area contributed by atoms with E-state index >= 15 is 0 Å². The van der Waals surface area contributed by atoms with Crippen LogP contribution in [0.3, 0.4) is 0 Å². The van der Waals surface area contributed by atoms with Gasteiger partial charge in [-0.1, -0.05) is 13.8 Å². The minimum absolute atomic E-state index is 0.403. The summed E-state index contributed by atoms with van der Waals surface area (Å²) in [5, 5.41) is 3.63. The molecule has 0 aliphatic carbocycles. The maximum Gasteiger partial charge on any atom is 0.0594 e. The molecule has 2 rings (SSSR count). The second-order valence-corrected chi connectivity index (χ2v) is 6.04. The molecule has 106 valence electrons. The lowest BCUT2D eigenvalue weighted by molar-refractivity contribution is -0.0294. The molecule has 4 nitrogen and oxygen atoms in total. The average molecular weight is 256 g/mol. The highest BCUT2D eigenvalue weighted by Crippen LogP contribution is 2.31. The Hall–Kier alpha value is -0.160. The average Bonchev–Trinajstić information content (AvgIpc) is 2.39.